The molecule has 0 N–H and O–H groups in total. The predicted octanol–water partition coefficient (Wildman–Crippen LogP) is 3.57. The first-order chi connectivity index (χ1) is 9.29. The zero-order valence-electron chi connectivity index (χ0n) is 11.0. The highest BCUT2D eigenvalue weighted by molar-refractivity contribution is 6.09. The number of aryl methyl sites for hydroxylation is 1. The van der Waals surface area contributed by atoms with Gasteiger partial charge in [0.15, 0.2) is 5.78 Å². The van der Waals surface area contributed by atoms with Crippen molar-refractivity contribution in [3.8, 4) is 5.75 Å². The SMILES string of the molecule is CCc1ccc2c(c1OCc1ccccc1)C(=O)C2. The minimum Gasteiger partial charge on any atom is -0.488 e. The molecule has 0 bridgehead atoms. The second-order valence-electron chi connectivity index (χ2n) is 4.82. The Morgan fingerprint density at radius 1 is 1.11 bits per heavy atom. The molecule has 0 radical (unpaired) electrons. The molecular formula is C17H16O2. The van der Waals surface area contributed by atoms with E-state index in [0.717, 1.165) is 34.4 Å². The van der Waals surface area contributed by atoms with Gasteiger partial charge >= 0.3 is 0 Å². The Balaban J connectivity index is 1.88. The van der Waals surface area contributed by atoms with Crippen molar-refractivity contribution in [2.75, 3.05) is 0 Å². The molecule has 0 unspecified atom stereocenters. The fourth-order valence-corrected chi connectivity index (χ4v) is 2.45. The lowest BCUT2D eigenvalue weighted by Gasteiger charge is -2.23. The maximum Gasteiger partial charge on any atom is 0.171 e. The molecule has 0 fully saturated rings. The van der Waals surface area contributed by atoms with E-state index < -0.39 is 0 Å². The maximum absolute atomic E-state index is 11.7. The minimum absolute atomic E-state index is 0.202. The van der Waals surface area contributed by atoms with Crippen molar-refractivity contribution in [1.29, 1.82) is 0 Å². The largest absolute Gasteiger partial charge is 0.488 e. The summed E-state index contributed by atoms with van der Waals surface area (Å²) in [6.45, 7) is 2.60. The molecule has 19 heavy (non-hydrogen) atoms. The van der Waals surface area contributed by atoms with Crippen molar-refractivity contribution in [3.63, 3.8) is 0 Å². The number of hydrogen-bond donors (Lipinski definition) is 0. The third kappa shape index (κ3) is 2.14. The third-order valence-electron chi connectivity index (χ3n) is 3.56. The first kappa shape index (κ1) is 12.0. The van der Waals surface area contributed by atoms with Crippen LogP contribution in [0, 0.1) is 0 Å². The molecule has 96 valence electrons. The Bertz CT molecular complexity index is 615. The van der Waals surface area contributed by atoms with Crippen LogP contribution in [0.1, 0.15) is 34.0 Å². The van der Waals surface area contributed by atoms with Crippen molar-refractivity contribution in [2.45, 2.75) is 26.4 Å². The highest BCUT2D eigenvalue weighted by Gasteiger charge is 2.29. The second-order valence-corrected chi connectivity index (χ2v) is 4.82. The second kappa shape index (κ2) is 4.88. The van der Waals surface area contributed by atoms with Crippen LogP contribution in [0.5, 0.6) is 5.75 Å². The monoisotopic (exact) mass is 252 g/mol. The lowest BCUT2D eigenvalue weighted by molar-refractivity contribution is 0.0962. The van der Waals surface area contributed by atoms with E-state index in [1.54, 1.807) is 0 Å². The summed E-state index contributed by atoms with van der Waals surface area (Å²) in [7, 11) is 0. The summed E-state index contributed by atoms with van der Waals surface area (Å²) in [6.07, 6.45) is 1.44. The summed E-state index contributed by atoms with van der Waals surface area (Å²) in [5.41, 5.74) is 4.15. The van der Waals surface area contributed by atoms with Gasteiger partial charge in [0.25, 0.3) is 0 Å². The van der Waals surface area contributed by atoms with E-state index in [4.69, 9.17) is 4.74 Å². The van der Waals surface area contributed by atoms with E-state index in [1.807, 2.05) is 36.4 Å². The zero-order valence-corrected chi connectivity index (χ0v) is 11.0. The van der Waals surface area contributed by atoms with E-state index >= 15 is 0 Å². The molecule has 2 heteroatoms. The first-order valence-corrected chi connectivity index (χ1v) is 6.64. The predicted molar refractivity (Wildman–Crippen MR) is 74.6 cm³/mol. The van der Waals surface area contributed by atoms with Gasteiger partial charge in [0, 0.05) is 6.42 Å². The van der Waals surface area contributed by atoms with E-state index in [1.165, 1.54) is 0 Å². The highest BCUT2D eigenvalue weighted by atomic mass is 16.5. The average molecular weight is 252 g/mol. The molecule has 3 rings (SSSR count). The molecule has 0 amide bonds. The van der Waals surface area contributed by atoms with Gasteiger partial charge < -0.3 is 4.74 Å². The van der Waals surface area contributed by atoms with Crippen molar-refractivity contribution in [2.24, 2.45) is 0 Å². The first-order valence-electron chi connectivity index (χ1n) is 6.64. The molecule has 0 spiro atoms. The van der Waals surface area contributed by atoms with Gasteiger partial charge in [-0.25, -0.2) is 0 Å². The number of fused-ring (bicyclic) bond motifs is 1. The van der Waals surface area contributed by atoms with Crippen LogP contribution in [0.25, 0.3) is 0 Å². The number of benzene rings is 2. The van der Waals surface area contributed by atoms with Crippen LogP contribution in [0.4, 0.5) is 0 Å². The molecule has 1 aliphatic carbocycles. The van der Waals surface area contributed by atoms with Crippen LogP contribution >= 0.6 is 0 Å². The summed E-state index contributed by atoms with van der Waals surface area (Å²) >= 11 is 0. The van der Waals surface area contributed by atoms with Gasteiger partial charge in [-0.3, -0.25) is 4.79 Å². The maximum atomic E-state index is 11.7. The third-order valence-corrected chi connectivity index (χ3v) is 3.56. The Morgan fingerprint density at radius 2 is 1.89 bits per heavy atom. The number of rotatable bonds is 4. The van der Waals surface area contributed by atoms with Gasteiger partial charge in [-0.15, -0.1) is 0 Å². The summed E-state index contributed by atoms with van der Waals surface area (Å²) in [4.78, 5) is 11.7. The Kier molecular flexibility index (Phi) is 3.08. The van der Waals surface area contributed by atoms with Crippen molar-refractivity contribution >= 4 is 5.78 Å². The van der Waals surface area contributed by atoms with Gasteiger partial charge in [0.1, 0.15) is 12.4 Å². The van der Waals surface area contributed by atoms with Crippen LogP contribution in [-0.2, 0) is 19.4 Å². The number of ketones is 1. The molecule has 2 aromatic carbocycles. The number of carbonyl (C=O) groups excluding carboxylic acids is 1. The molecule has 0 saturated heterocycles. The van der Waals surface area contributed by atoms with Crippen LogP contribution in [-0.4, -0.2) is 5.78 Å². The van der Waals surface area contributed by atoms with Crippen LogP contribution in [0.2, 0.25) is 0 Å². The van der Waals surface area contributed by atoms with E-state index in [0.29, 0.717) is 13.0 Å². The van der Waals surface area contributed by atoms with Gasteiger partial charge in [-0.2, -0.15) is 0 Å². The van der Waals surface area contributed by atoms with Crippen LogP contribution in [0.3, 0.4) is 0 Å². The summed E-state index contributed by atoms with van der Waals surface area (Å²) < 4.78 is 5.93. The molecule has 2 nitrogen and oxygen atoms in total. The van der Waals surface area contributed by atoms with Gasteiger partial charge in [0.05, 0.1) is 5.56 Å². The fraction of sp³-hybridized carbons (Fsp3) is 0.235. The van der Waals surface area contributed by atoms with E-state index in [-0.39, 0.29) is 5.78 Å². The summed E-state index contributed by atoms with van der Waals surface area (Å²) in [5.74, 6) is 0.994. The molecule has 1 aliphatic rings. The topological polar surface area (TPSA) is 26.3 Å². The quantitative estimate of drug-likeness (QED) is 0.831. The van der Waals surface area contributed by atoms with E-state index in [9.17, 15) is 4.79 Å². The van der Waals surface area contributed by atoms with Gasteiger partial charge in [-0.05, 0) is 23.1 Å². The molecular weight excluding hydrogens is 236 g/mol. The number of ether oxygens (including phenoxy) is 1. The van der Waals surface area contributed by atoms with Gasteiger partial charge in [0.2, 0.25) is 0 Å². The Morgan fingerprint density at radius 3 is 2.58 bits per heavy atom. The molecule has 0 aromatic heterocycles. The Labute approximate surface area is 113 Å². The number of carbonyl (C=O) groups is 1. The average Bonchev–Trinajstić information content (AvgIpc) is 2.44. The lowest BCUT2D eigenvalue weighted by Crippen LogP contribution is -2.21. The van der Waals surface area contributed by atoms with Crippen molar-refractivity contribution in [1.82, 2.24) is 0 Å². The molecule has 2 aromatic rings. The standard InChI is InChI=1S/C17H16O2/c1-2-13-8-9-14-10-15(18)16(14)17(13)19-11-12-6-4-3-5-7-12/h3-9H,2,10-11H2,1H3. The van der Waals surface area contributed by atoms with Crippen LogP contribution in [0.15, 0.2) is 42.5 Å². The summed E-state index contributed by atoms with van der Waals surface area (Å²) in [5, 5.41) is 0. The minimum atomic E-state index is 0.202. The fourth-order valence-electron chi connectivity index (χ4n) is 2.45. The summed E-state index contributed by atoms with van der Waals surface area (Å²) in [6, 6.07) is 14.2. The highest BCUT2D eigenvalue weighted by Crippen LogP contribution is 2.35. The van der Waals surface area contributed by atoms with E-state index in [2.05, 4.69) is 13.0 Å². The molecule has 0 aliphatic heterocycles. The number of hydrogen-bond acceptors (Lipinski definition) is 2. The van der Waals surface area contributed by atoms with Crippen molar-refractivity contribution in [3.05, 3.63) is 64.7 Å². The van der Waals surface area contributed by atoms with Crippen molar-refractivity contribution < 1.29 is 9.53 Å². The Hall–Kier alpha value is -2.09. The zero-order chi connectivity index (χ0) is 13.2. The molecule has 0 atom stereocenters. The number of Topliss-reactive ketones (excluding diaryl/α,β-unsaturated/α-hetero) is 1. The smallest absolute Gasteiger partial charge is 0.171 e. The van der Waals surface area contributed by atoms with Gasteiger partial charge in [-0.1, -0.05) is 49.4 Å². The van der Waals surface area contributed by atoms with Crippen LogP contribution < -0.4 is 4.74 Å². The molecule has 0 saturated carbocycles. The lowest BCUT2D eigenvalue weighted by atomic mass is 9.84. The normalized spacial score (nSPS) is 12.8. The molecule has 0 heterocycles.